The third-order valence-electron chi connectivity index (χ3n) is 10.9. The number of carbonyl (C=O) groups excluding carboxylic acids is 3. The molecule has 0 aromatic carbocycles. The van der Waals surface area contributed by atoms with E-state index in [9.17, 15) is 19.5 Å². The number of hydrogen-bond acceptors (Lipinski definition) is 7. The molecule has 1 aromatic heterocycles. The van der Waals surface area contributed by atoms with Gasteiger partial charge < -0.3 is 19.0 Å². The number of fused-ring (bicyclic) bond motifs is 3. The second-order valence-corrected chi connectivity index (χ2v) is 12.2. The Kier molecular flexibility index (Phi) is 3.90. The molecule has 7 nitrogen and oxygen atoms in total. The molecule has 3 heterocycles. The Balaban J connectivity index is 1.53. The maximum absolute atomic E-state index is 14.1. The van der Waals surface area contributed by atoms with E-state index in [0.29, 0.717) is 12.8 Å². The molecule has 0 radical (unpaired) electrons. The second-order valence-electron chi connectivity index (χ2n) is 12.2. The molecule has 1 N–H and O–H groups in total. The third kappa shape index (κ3) is 2.10. The molecule has 178 valence electrons. The molecule has 6 rings (SSSR count). The number of aliphatic hydroxyl groups excluding tert-OH is 1. The van der Waals surface area contributed by atoms with Gasteiger partial charge >= 0.3 is 5.97 Å². The van der Waals surface area contributed by atoms with Crippen LogP contribution in [0.3, 0.4) is 0 Å². The molecule has 1 aromatic rings. The van der Waals surface area contributed by atoms with E-state index in [1.165, 1.54) is 0 Å². The van der Waals surface area contributed by atoms with Crippen molar-refractivity contribution in [3.05, 3.63) is 24.2 Å². The van der Waals surface area contributed by atoms with Crippen LogP contribution in [0.2, 0.25) is 0 Å². The number of cyclic esters (lactones) is 1. The Morgan fingerprint density at radius 1 is 0.970 bits per heavy atom. The first-order valence-electron chi connectivity index (χ1n) is 12.0. The largest absolute Gasteiger partial charge is 0.472 e. The Morgan fingerprint density at radius 3 is 2.36 bits per heavy atom. The molecular weight excluding hydrogens is 424 g/mol. The lowest BCUT2D eigenvalue weighted by Crippen LogP contribution is -2.73. The van der Waals surface area contributed by atoms with E-state index in [4.69, 9.17) is 13.9 Å². The lowest BCUT2D eigenvalue weighted by atomic mass is 9.35. The first-order valence-corrected chi connectivity index (χ1v) is 12.0. The zero-order valence-corrected chi connectivity index (χ0v) is 19.8. The van der Waals surface area contributed by atoms with E-state index in [2.05, 4.69) is 6.92 Å². The van der Waals surface area contributed by atoms with Crippen LogP contribution in [0.15, 0.2) is 23.0 Å². The SMILES string of the molecule is CC1(C)[C@H](O)CC(=O)[C@@]2(C)C3CC[C@@]4(C)[C@H](c5ccoc5)OC(=O)[C@H]5O[C@@]54[C@]3(C)C(=O)C[C@H]12. The standard InChI is InChI=1S/C26H32O7/c1-22(2)15-10-18(29)25(5)14(24(15,4)17(28)11-16(22)27)6-8-23(3)19(13-7-9-31-12-13)32-21(30)20-26(23,25)33-20/h7,9,12,14-16,19-20,27H,6,8,10-11H2,1-5H3/t14?,15-,16-,19+,20-,23+,24+,25+,26+/m1/s1. The summed E-state index contributed by atoms with van der Waals surface area (Å²) in [5.41, 5.74) is -3.24. The summed E-state index contributed by atoms with van der Waals surface area (Å²) < 4.78 is 17.5. The zero-order valence-electron chi connectivity index (χ0n) is 19.8. The minimum Gasteiger partial charge on any atom is -0.472 e. The summed E-state index contributed by atoms with van der Waals surface area (Å²) in [6.45, 7) is 9.91. The van der Waals surface area contributed by atoms with Crippen LogP contribution in [-0.2, 0) is 23.9 Å². The number of furan rings is 1. The van der Waals surface area contributed by atoms with E-state index in [1.807, 2.05) is 27.7 Å². The predicted octanol–water partition coefficient (Wildman–Crippen LogP) is 3.39. The Labute approximate surface area is 193 Å². The van der Waals surface area contributed by atoms with E-state index >= 15 is 0 Å². The van der Waals surface area contributed by atoms with Gasteiger partial charge in [0.2, 0.25) is 0 Å². The van der Waals surface area contributed by atoms with Gasteiger partial charge in [-0.05, 0) is 43.1 Å². The molecule has 2 aliphatic heterocycles. The fourth-order valence-electron chi connectivity index (χ4n) is 8.93. The highest BCUT2D eigenvalue weighted by Gasteiger charge is 2.88. The average Bonchev–Trinajstić information content (AvgIpc) is 3.32. The summed E-state index contributed by atoms with van der Waals surface area (Å²) in [5.74, 6) is -0.940. The minimum atomic E-state index is -1.02. The highest BCUT2D eigenvalue weighted by Crippen LogP contribution is 2.78. The summed E-state index contributed by atoms with van der Waals surface area (Å²) in [7, 11) is 0. The molecule has 0 amide bonds. The van der Waals surface area contributed by atoms with Gasteiger partial charge in [0.15, 0.2) is 6.10 Å². The highest BCUT2D eigenvalue weighted by atomic mass is 16.7. The molecule has 1 unspecified atom stereocenters. The van der Waals surface area contributed by atoms with Crippen molar-refractivity contribution in [2.75, 3.05) is 0 Å². The maximum Gasteiger partial charge on any atom is 0.339 e. The fraction of sp³-hybridized carbons (Fsp3) is 0.731. The van der Waals surface area contributed by atoms with Crippen molar-refractivity contribution in [2.45, 2.75) is 84.2 Å². The van der Waals surface area contributed by atoms with Crippen LogP contribution in [0.25, 0.3) is 0 Å². The topological polar surface area (TPSA) is 106 Å². The molecule has 2 saturated heterocycles. The van der Waals surface area contributed by atoms with Crippen LogP contribution in [0.1, 0.15) is 72.0 Å². The Bertz CT molecular complexity index is 1070. The molecule has 3 saturated carbocycles. The maximum atomic E-state index is 14.1. The molecule has 9 atom stereocenters. The molecule has 5 aliphatic rings. The Hall–Kier alpha value is -1.99. The first kappa shape index (κ1) is 21.5. The molecule has 5 fully saturated rings. The average molecular weight is 457 g/mol. The molecule has 7 heteroatoms. The van der Waals surface area contributed by atoms with Crippen LogP contribution in [-0.4, -0.2) is 40.5 Å². The van der Waals surface area contributed by atoms with E-state index in [0.717, 1.165) is 5.56 Å². The van der Waals surface area contributed by atoms with Crippen LogP contribution >= 0.6 is 0 Å². The normalized spacial score (nSPS) is 52.2. The predicted molar refractivity (Wildman–Crippen MR) is 115 cm³/mol. The van der Waals surface area contributed by atoms with Crippen LogP contribution in [0, 0.1) is 33.5 Å². The molecule has 0 bridgehead atoms. The van der Waals surface area contributed by atoms with Crippen molar-refractivity contribution in [1.82, 2.24) is 0 Å². The van der Waals surface area contributed by atoms with E-state index in [-0.39, 0.29) is 36.2 Å². The highest BCUT2D eigenvalue weighted by molar-refractivity contribution is 5.97. The fourth-order valence-corrected chi connectivity index (χ4v) is 8.93. The first-order chi connectivity index (χ1) is 15.4. The lowest BCUT2D eigenvalue weighted by Gasteiger charge is -2.67. The van der Waals surface area contributed by atoms with E-state index < -0.39 is 51.5 Å². The van der Waals surface area contributed by atoms with Gasteiger partial charge in [0.1, 0.15) is 23.3 Å². The summed E-state index contributed by atoms with van der Waals surface area (Å²) in [4.78, 5) is 40.8. The van der Waals surface area contributed by atoms with Gasteiger partial charge in [-0.15, -0.1) is 0 Å². The zero-order chi connectivity index (χ0) is 23.8. The van der Waals surface area contributed by atoms with Crippen molar-refractivity contribution in [1.29, 1.82) is 0 Å². The van der Waals surface area contributed by atoms with E-state index in [1.54, 1.807) is 18.6 Å². The molecule has 3 aliphatic carbocycles. The molecule has 1 spiro atoms. The number of epoxide rings is 1. The number of ketones is 2. The van der Waals surface area contributed by atoms with Gasteiger partial charge in [0, 0.05) is 29.2 Å². The van der Waals surface area contributed by atoms with Crippen LogP contribution in [0.5, 0.6) is 0 Å². The van der Waals surface area contributed by atoms with Crippen LogP contribution < -0.4 is 0 Å². The summed E-state index contributed by atoms with van der Waals surface area (Å²) in [6.07, 6.45) is 2.56. The minimum absolute atomic E-state index is 0.0185. The number of ether oxygens (including phenoxy) is 2. The number of Topliss-reactive ketones (excluding diaryl/α,β-unsaturated/α-hetero) is 2. The van der Waals surface area contributed by atoms with Crippen molar-refractivity contribution in [3.8, 4) is 0 Å². The number of hydrogen-bond donors (Lipinski definition) is 1. The van der Waals surface area contributed by atoms with Crippen molar-refractivity contribution in [3.63, 3.8) is 0 Å². The van der Waals surface area contributed by atoms with Gasteiger partial charge in [-0.2, -0.15) is 0 Å². The van der Waals surface area contributed by atoms with Crippen LogP contribution in [0.4, 0.5) is 0 Å². The second kappa shape index (κ2) is 5.98. The monoisotopic (exact) mass is 456 g/mol. The molecular formula is C26H32O7. The lowest BCUT2D eigenvalue weighted by molar-refractivity contribution is -0.225. The molecule has 33 heavy (non-hydrogen) atoms. The van der Waals surface area contributed by atoms with Gasteiger partial charge in [-0.25, -0.2) is 4.79 Å². The number of esters is 1. The summed E-state index contributed by atoms with van der Waals surface area (Å²) in [5, 5.41) is 10.7. The van der Waals surface area contributed by atoms with Gasteiger partial charge in [-0.3, -0.25) is 9.59 Å². The summed E-state index contributed by atoms with van der Waals surface area (Å²) >= 11 is 0. The quantitative estimate of drug-likeness (QED) is 0.510. The van der Waals surface area contributed by atoms with Crippen molar-refractivity contribution < 1.29 is 33.4 Å². The smallest absolute Gasteiger partial charge is 0.339 e. The Morgan fingerprint density at radius 2 is 1.70 bits per heavy atom. The summed E-state index contributed by atoms with van der Waals surface area (Å²) in [6, 6.07) is 1.79. The van der Waals surface area contributed by atoms with Gasteiger partial charge in [0.25, 0.3) is 0 Å². The van der Waals surface area contributed by atoms with Crippen molar-refractivity contribution in [2.24, 2.45) is 33.5 Å². The number of carbonyl (C=O) groups is 3. The number of aliphatic hydroxyl groups is 1. The van der Waals surface area contributed by atoms with Gasteiger partial charge in [-0.1, -0.05) is 27.7 Å². The van der Waals surface area contributed by atoms with Crippen molar-refractivity contribution >= 4 is 17.5 Å². The number of rotatable bonds is 1. The van der Waals surface area contributed by atoms with Gasteiger partial charge in [0.05, 0.1) is 24.0 Å². The third-order valence-corrected chi connectivity index (χ3v) is 10.9.